The van der Waals surface area contributed by atoms with Crippen LogP contribution in [0.4, 0.5) is 0 Å². The molecule has 1 aliphatic carbocycles. The van der Waals surface area contributed by atoms with Crippen LogP contribution in [0.2, 0.25) is 0 Å². The molecule has 4 rings (SSSR count). The number of para-hydroxylation sites is 1. The molecule has 0 radical (unpaired) electrons. The predicted octanol–water partition coefficient (Wildman–Crippen LogP) is 1.69. The Kier molecular flexibility index (Phi) is 4.90. The van der Waals surface area contributed by atoms with E-state index in [1.807, 2.05) is 18.2 Å². The van der Waals surface area contributed by atoms with Crippen LogP contribution in [-0.2, 0) is 9.59 Å². The van der Waals surface area contributed by atoms with Gasteiger partial charge in [0.2, 0.25) is 11.8 Å². The number of nitrogens with zero attached hydrogens (tertiary/aromatic N) is 3. The molecule has 1 saturated heterocycles. The van der Waals surface area contributed by atoms with E-state index in [4.69, 9.17) is 5.73 Å². The van der Waals surface area contributed by atoms with Crippen molar-refractivity contribution in [2.24, 2.45) is 5.73 Å². The topological polar surface area (TPSA) is 98.3 Å². The zero-order chi connectivity index (χ0) is 19.0. The number of amides is 2. The maximum Gasteiger partial charge on any atom is 0.262 e. The van der Waals surface area contributed by atoms with Gasteiger partial charge in [-0.15, -0.1) is 0 Å². The fraction of sp³-hybridized carbons (Fsp3) is 0.474. The third-order valence-corrected chi connectivity index (χ3v) is 6.10. The van der Waals surface area contributed by atoms with Crippen molar-refractivity contribution in [1.82, 2.24) is 14.5 Å². The van der Waals surface area contributed by atoms with E-state index in [-0.39, 0.29) is 23.3 Å². The van der Waals surface area contributed by atoms with Crippen LogP contribution in [0, 0.1) is 0 Å². The summed E-state index contributed by atoms with van der Waals surface area (Å²) in [5.74, 6) is -0.443. The van der Waals surface area contributed by atoms with Crippen LogP contribution in [0.1, 0.15) is 38.1 Å². The Labute approximate surface area is 160 Å². The molecule has 2 amide bonds. The van der Waals surface area contributed by atoms with Gasteiger partial charge in [0.05, 0.1) is 16.7 Å². The van der Waals surface area contributed by atoms with Crippen LogP contribution in [-0.4, -0.2) is 44.6 Å². The second-order valence-electron chi connectivity index (χ2n) is 7.11. The maximum atomic E-state index is 12.9. The highest BCUT2D eigenvalue weighted by molar-refractivity contribution is 7.99. The molecular weight excluding hydrogens is 364 g/mol. The summed E-state index contributed by atoms with van der Waals surface area (Å²) >= 11 is 1.27. The highest BCUT2D eigenvalue weighted by atomic mass is 32.2. The second-order valence-corrected chi connectivity index (χ2v) is 8.05. The zero-order valence-corrected chi connectivity index (χ0v) is 15.8. The fourth-order valence-electron chi connectivity index (χ4n) is 3.62. The van der Waals surface area contributed by atoms with Gasteiger partial charge in [-0.1, -0.05) is 23.9 Å². The Bertz CT molecular complexity index is 954. The lowest BCUT2D eigenvalue weighted by Crippen LogP contribution is -2.51. The zero-order valence-electron chi connectivity index (χ0n) is 15.0. The van der Waals surface area contributed by atoms with Crippen LogP contribution in [0.3, 0.4) is 0 Å². The summed E-state index contributed by atoms with van der Waals surface area (Å²) in [5.41, 5.74) is 6.05. The molecule has 8 heteroatoms. The van der Waals surface area contributed by atoms with Crippen LogP contribution in [0.15, 0.2) is 34.2 Å². The number of carbonyl (C=O) groups excluding carboxylic acids is 2. The van der Waals surface area contributed by atoms with Gasteiger partial charge in [-0.25, -0.2) is 4.98 Å². The Balaban J connectivity index is 1.58. The van der Waals surface area contributed by atoms with E-state index < -0.39 is 11.9 Å². The number of nitrogens with two attached hydrogens (primary N) is 1. The molecule has 2 aliphatic rings. The van der Waals surface area contributed by atoms with Gasteiger partial charge in [0.15, 0.2) is 5.16 Å². The number of aromatic nitrogens is 2. The molecule has 1 aromatic carbocycles. The van der Waals surface area contributed by atoms with Crippen LogP contribution >= 0.6 is 11.8 Å². The van der Waals surface area contributed by atoms with Gasteiger partial charge in [0, 0.05) is 12.6 Å². The first-order valence-electron chi connectivity index (χ1n) is 9.29. The molecule has 27 heavy (non-hydrogen) atoms. The molecular formula is C19H22N4O3S. The fourth-order valence-corrected chi connectivity index (χ4v) is 4.57. The monoisotopic (exact) mass is 386 g/mol. The SMILES string of the molecule is NC(=O)[C@@H]1CCCCN1C(=O)CSc1nc2ccccc2c(=O)n1C1CC1. The van der Waals surface area contributed by atoms with Gasteiger partial charge in [0.1, 0.15) is 6.04 Å². The number of carbonyl (C=O) groups is 2. The minimum absolute atomic E-state index is 0.0500. The summed E-state index contributed by atoms with van der Waals surface area (Å²) in [7, 11) is 0. The standard InChI is InChI=1S/C19H22N4O3S/c20-17(25)15-7-3-4-10-22(15)16(24)11-27-19-21-14-6-2-1-5-13(14)18(26)23(19)12-8-9-12/h1-2,5-6,12,15H,3-4,7-11H2,(H2,20,25)/t15-/m0/s1. The molecule has 1 aromatic heterocycles. The Hall–Kier alpha value is -2.35. The Morgan fingerprint density at radius 1 is 1.19 bits per heavy atom. The molecule has 0 spiro atoms. The molecule has 1 saturated carbocycles. The van der Waals surface area contributed by atoms with Crippen molar-refractivity contribution in [2.75, 3.05) is 12.3 Å². The number of fused-ring (bicyclic) bond motifs is 1. The highest BCUT2D eigenvalue weighted by Crippen LogP contribution is 2.37. The number of thioether (sulfide) groups is 1. The van der Waals surface area contributed by atoms with E-state index in [2.05, 4.69) is 4.98 Å². The lowest BCUT2D eigenvalue weighted by molar-refractivity contribution is -0.138. The number of likely N-dealkylation sites (tertiary alicyclic amines) is 1. The van der Waals surface area contributed by atoms with E-state index in [1.165, 1.54) is 11.8 Å². The molecule has 1 aliphatic heterocycles. The third kappa shape index (κ3) is 3.58. The normalized spacial score (nSPS) is 20.0. The van der Waals surface area contributed by atoms with Crippen molar-refractivity contribution in [3.8, 4) is 0 Å². The summed E-state index contributed by atoms with van der Waals surface area (Å²) in [6, 6.07) is 6.92. The number of rotatable bonds is 5. The number of benzene rings is 1. The van der Waals surface area contributed by atoms with E-state index in [1.54, 1.807) is 15.5 Å². The van der Waals surface area contributed by atoms with Crippen LogP contribution in [0.25, 0.3) is 10.9 Å². The van der Waals surface area contributed by atoms with Gasteiger partial charge in [0.25, 0.3) is 5.56 Å². The average Bonchev–Trinajstić information content (AvgIpc) is 3.51. The van der Waals surface area contributed by atoms with Crippen molar-refractivity contribution >= 4 is 34.5 Å². The summed E-state index contributed by atoms with van der Waals surface area (Å²) in [6.45, 7) is 0.549. The number of hydrogen-bond donors (Lipinski definition) is 1. The smallest absolute Gasteiger partial charge is 0.262 e. The van der Waals surface area contributed by atoms with E-state index in [0.717, 1.165) is 25.7 Å². The quantitative estimate of drug-likeness (QED) is 0.623. The molecule has 1 atom stereocenters. The first-order chi connectivity index (χ1) is 13.1. The lowest BCUT2D eigenvalue weighted by Gasteiger charge is -2.33. The molecule has 2 fully saturated rings. The molecule has 0 bridgehead atoms. The van der Waals surface area contributed by atoms with Crippen LogP contribution < -0.4 is 11.3 Å². The summed E-state index contributed by atoms with van der Waals surface area (Å²) in [6.07, 6.45) is 4.31. The van der Waals surface area contributed by atoms with E-state index in [0.29, 0.717) is 29.0 Å². The molecule has 2 N–H and O–H groups in total. The highest BCUT2D eigenvalue weighted by Gasteiger charge is 2.32. The minimum Gasteiger partial charge on any atom is -0.368 e. The van der Waals surface area contributed by atoms with Crippen molar-refractivity contribution < 1.29 is 9.59 Å². The van der Waals surface area contributed by atoms with Gasteiger partial charge < -0.3 is 10.6 Å². The van der Waals surface area contributed by atoms with Crippen molar-refractivity contribution in [3.05, 3.63) is 34.6 Å². The Morgan fingerprint density at radius 3 is 2.70 bits per heavy atom. The molecule has 2 aromatic rings. The molecule has 2 heterocycles. The molecule has 0 unspecified atom stereocenters. The van der Waals surface area contributed by atoms with Crippen LogP contribution in [0.5, 0.6) is 0 Å². The van der Waals surface area contributed by atoms with Gasteiger partial charge >= 0.3 is 0 Å². The average molecular weight is 386 g/mol. The molecule has 142 valence electrons. The first-order valence-corrected chi connectivity index (χ1v) is 10.3. The van der Waals surface area contributed by atoms with E-state index in [9.17, 15) is 14.4 Å². The number of primary amides is 1. The maximum absolute atomic E-state index is 12.9. The Morgan fingerprint density at radius 2 is 1.96 bits per heavy atom. The summed E-state index contributed by atoms with van der Waals surface area (Å²) < 4.78 is 1.72. The van der Waals surface area contributed by atoms with Crippen molar-refractivity contribution in [3.63, 3.8) is 0 Å². The van der Waals surface area contributed by atoms with Gasteiger partial charge in [-0.05, 0) is 44.2 Å². The number of hydrogen-bond acceptors (Lipinski definition) is 5. The second kappa shape index (κ2) is 7.34. The predicted molar refractivity (Wildman–Crippen MR) is 104 cm³/mol. The minimum atomic E-state index is -0.526. The van der Waals surface area contributed by atoms with Gasteiger partial charge in [-0.2, -0.15) is 0 Å². The van der Waals surface area contributed by atoms with Gasteiger partial charge in [-0.3, -0.25) is 19.0 Å². The largest absolute Gasteiger partial charge is 0.368 e. The number of piperidine rings is 1. The van der Waals surface area contributed by atoms with Crippen molar-refractivity contribution in [2.45, 2.75) is 49.3 Å². The summed E-state index contributed by atoms with van der Waals surface area (Å²) in [5, 5.41) is 1.17. The van der Waals surface area contributed by atoms with Crippen molar-refractivity contribution in [1.29, 1.82) is 0 Å². The summed E-state index contributed by atoms with van der Waals surface area (Å²) in [4.78, 5) is 43.5. The van der Waals surface area contributed by atoms with E-state index >= 15 is 0 Å². The molecule has 7 nitrogen and oxygen atoms in total. The third-order valence-electron chi connectivity index (χ3n) is 5.16. The first kappa shape index (κ1) is 18.0. The lowest BCUT2D eigenvalue weighted by atomic mass is 10.0.